The number of benzene rings is 3. The number of nitrogens with zero attached hydrogens (tertiary/aromatic N) is 2. The first-order valence-corrected chi connectivity index (χ1v) is 11.7. The highest BCUT2D eigenvalue weighted by atomic mass is 16.5. The summed E-state index contributed by atoms with van der Waals surface area (Å²) in [7, 11) is 4.84. The maximum Gasteiger partial charge on any atom is 0.270 e. The third-order valence-corrected chi connectivity index (χ3v) is 6.21. The molecule has 186 valence electrons. The summed E-state index contributed by atoms with van der Waals surface area (Å²) < 4.78 is 17.6. The number of ether oxygens (including phenoxy) is 3. The molecule has 0 aliphatic rings. The Morgan fingerprint density at radius 3 is 2.25 bits per heavy atom. The molecule has 7 nitrogen and oxygen atoms in total. The maximum atomic E-state index is 13.3. The van der Waals surface area contributed by atoms with E-state index in [0.717, 1.165) is 28.3 Å². The van der Waals surface area contributed by atoms with Crippen LogP contribution in [-0.4, -0.2) is 43.6 Å². The first-order chi connectivity index (χ1) is 17.4. The van der Waals surface area contributed by atoms with Crippen molar-refractivity contribution in [2.24, 2.45) is 0 Å². The van der Waals surface area contributed by atoms with Crippen molar-refractivity contribution in [2.75, 3.05) is 27.9 Å². The molecule has 0 saturated carbocycles. The van der Waals surface area contributed by atoms with Crippen molar-refractivity contribution in [3.05, 3.63) is 89.1 Å². The molecule has 0 fully saturated rings. The molecule has 0 unspecified atom stereocenters. The molecule has 4 rings (SSSR count). The molecular weight excluding hydrogens is 454 g/mol. The van der Waals surface area contributed by atoms with Gasteiger partial charge in [-0.25, -0.2) is 4.68 Å². The predicted octanol–water partition coefficient (Wildman–Crippen LogP) is 5.15. The van der Waals surface area contributed by atoms with Crippen molar-refractivity contribution >= 4 is 5.91 Å². The lowest BCUT2D eigenvalue weighted by atomic mass is 10.0. The van der Waals surface area contributed by atoms with Crippen molar-refractivity contribution in [3.63, 3.8) is 0 Å². The lowest BCUT2D eigenvalue weighted by Gasteiger charge is -2.11. The van der Waals surface area contributed by atoms with Gasteiger partial charge < -0.3 is 19.5 Å². The first kappa shape index (κ1) is 24.9. The van der Waals surface area contributed by atoms with Crippen LogP contribution in [0.2, 0.25) is 0 Å². The van der Waals surface area contributed by atoms with Gasteiger partial charge in [0.25, 0.3) is 5.91 Å². The normalized spacial score (nSPS) is 10.7. The number of hydrogen-bond acceptors (Lipinski definition) is 5. The quantitative estimate of drug-likeness (QED) is 0.355. The van der Waals surface area contributed by atoms with Crippen molar-refractivity contribution in [1.82, 2.24) is 15.1 Å². The molecule has 0 radical (unpaired) electrons. The molecule has 1 N–H and O–H groups in total. The van der Waals surface area contributed by atoms with E-state index < -0.39 is 0 Å². The third kappa shape index (κ3) is 5.35. The van der Waals surface area contributed by atoms with Crippen LogP contribution >= 0.6 is 0 Å². The molecule has 1 amide bonds. The van der Waals surface area contributed by atoms with Crippen LogP contribution in [0.25, 0.3) is 16.9 Å². The number of carbonyl (C=O) groups is 1. The van der Waals surface area contributed by atoms with E-state index in [1.165, 1.54) is 11.1 Å². The molecule has 1 heterocycles. The monoisotopic (exact) mass is 485 g/mol. The van der Waals surface area contributed by atoms with Crippen LogP contribution < -0.4 is 19.5 Å². The van der Waals surface area contributed by atoms with E-state index in [1.807, 2.05) is 54.6 Å². The summed E-state index contributed by atoms with van der Waals surface area (Å²) in [5.74, 6) is 1.87. The van der Waals surface area contributed by atoms with Gasteiger partial charge in [-0.3, -0.25) is 4.79 Å². The average molecular weight is 486 g/mol. The lowest BCUT2D eigenvalue weighted by molar-refractivity contribution is 0.0946. The van der Waals surface area contributed by atoms with E-state index in [0.29, 0.717) is 30.2 Å². The Bertz CT molecular complexity index is 1360. The Hall–Kier alpha value is -4.26. The van der Waals surface area contributed by atoms with Crippen LogP contribution in [0.4, 0.5) is 0 Å². The Kier molecular flexibility index (Phi) is 7.59. The molecule has 36 heavy (non-hydrogen) atoms. The molecule has 7 heteroatoms. The van der Waals surface area contributed by atoms with Crippen molar-refractivity contribution in [2.45, 2.75) is 20.3 Å². The minimum atomic E-state index is -0.200. The van der Waals surface area contributed by atoms with Crippen molar-refractivity contribution in [3.8, 4) is 34.2 Å². The zero-order valence-electron chi connectivity index (χ0n) is 21.3. The lowest BCUT2D eigenvalue weighted by Crippen LogP contribution is -2.27. The van der Waals surface area contributed by atoms with E-state index in [2.05, 4.69) is 31.3 Å². The van der Waals surface area contributed by atoms with Gasteiger partial charge in [-0.05, 0) is 85.5 Å². The fraction of sp³-hybridized carbons (Fsp3) is 0.241. The van der Waals surface area contributed by atoms with Gasteiger partial charge in [0.1, 0.15) is 11.4 Å². The average Bonchev–Trinajstić information content (AvgIpc) is 3.36. The number of rotatable bonds is 9. The van der Waals surface area contributed by atoms with Gasteiger partial charge in [-0.15, -0.1) is 0 Å². The largest absolute Gasteiger partial charge is 0.497 e. The molecule has 0 aliphatic heterocycles. The third-order valence-electron chi connectivity index (χ3n) is 6.21. The van der Waals surface area contributed by atoms with Crippen molar-refractivity contribution < 1.29 is 19.0 Å². The summed E-state index contributed by atoms with van der Waals surface area (Å²) in [4.78, 5) is 13.3. The van der Waals surface area contributed by atoms with E-state index in [-0.39, 0.29) is 5.91 Å². The second kappa shape index (κ2) is 11.0. The van der Waals surface area contributed by atoms with Gasteiger partial charge in [0.15, 0.2) is 11.5 Å². The van der Waals surface area contributed by atoms with Crippen LogP contribution in [0, 0.1) is 13.8 Å². The molecule has 0 spiro atoms. The molecule has 0 atom stereocenters. The highest BCUT2D eigenvalue weighted by molar-refractivity contribution is 5.94. The van der Waals surface area contributed by atoms with Crippen molar-refractivity contribution in [1.29, 1.82) is 0 Å². The molecule has 1 aromatic heterocycles. The zero-order valence-corrected chi connectivity index (χ0v) is 21.3. The minimum Gasteiger partial charge on any atom is -0.497 e. The van der Waals surface area contributed by atoms with E-state index in [4.69, 9.17) is 19.3 Å². The smallest absolute Gasteiger partial charge is 0.270 e. The molecule has 0 aliphatic carbocycles. The Labute approximate surface area is 211 Å². The maximum absolute atomic E-state index is 13.3. The molecule has 0 saturated heterocycles. The number of methoxy groups -OCH3 is 3. The van der Waals surface area contributed by atoms with Gasteiger partial charge in [0.05, 0.1) is 32.7 Å². The number of hydrogen-bond donors (Lipinski definition) is 1. The topological polar surface area (TPSA) is 74.6 Å². The Morgan fingerprint density at radius 2 is 1.58 bits per heavy atom. The Morgan fingerprint density at radius 1 is 0.833 bits per heavy atom. The molecule has 0 bridgehead atoms. The van der Waals surface area contributed by atoms with Crippen LogP contribution in [0.15, 0.2) is 66.7 Å². The summed E-state index contributed by atoms with van der Waals surface area (Å²) >= 11 is 0. The van der Waals surface area contributed by atoms with Crippen LogP contribution in [0.3, 0.4) is 0 Å². The zero-order chi connectivity index (χ0) is 25.7. The summed E-state index contributed by atoms with van der Waals surface area (Å²) in [5.41, 5.74) is 6.35. The highest BCUT2D eigenvalue weighted by Crippen LogP contribution is 2.28. The molecular formula is C29H31N3O4. The first-order valence-electron chi connectivity index (χ1n) is 11.7. The summed E-state index contributed by atoms with van der Waals surface area (Å²) in [6, 6.07) is 21.3. The number of carbonyl (C=O) groups excluding carboxylic acids is 1. The summed E-state index contributed by atoms with van der Waals surface area (Å²) in [6.45, 7) is 4.61. The van der Waals surface area contributed by atoms with Gasteiger partial charge in [0, 0.05) is 12.1 Å². The van der Waals surface area contributed by atoms with E-state index in [9.17, 15) is 4.79 Å². The van der Waals surface area contributed by atoms with E-state index >= 15 is 0 Å². The number of nitrogens with one attached hydrogen (secondary N) is 1. The van der Waals surface area contributed by atoms with Crippen LogP contribution in [0.1, 0.15) is 27.2 Å². The summed E-state index contributed by atoms with van der Waals surface area (Å²) in [5, 5.41) is 7.83. The fourth-order valence-corrected chi connectivity index (χ4v) is 3.95. The second-order valence-electron chi connectivity index (χ2n) is 8.52. The van der Waals surface area contributed by atoms with Gasteiger partial charge in [0.2, 0.25) is 0 Å². The van der Waals surface area contributed by atoms with Crippen LogP contribution in [0.5, 0.6) is 17.2 Å². The van der Waals surface area contributed by atoms with E-state index in [1.54, 1.807) is 26.0 Å². The van der Waals surface area contributed by atoms with Gasteiger partial charge in [-0.2, -0.15) is 5.10 Å². The standard InChI is InChI=1S/C29H31N3O4/c1-19-6-8-22(16-20(19)2)25-18-26(32(31-25)23-9-11-24(34-3)12-10-23)29(33)30-15-14-21-7-13-27(35-4)28(17-21)36-5/h6-13,16-18H,14-15H2,1-5H3,(H,30,33). The number of amides is 1. The molecule has 3 aromatic carbocycles. The van der Waals surface area contributed by atoms with Crippen LogP contribution in [-0.2, 0) is 6.42 Å². The summed E-state index contributed by atoms with van der Waals surface area (Å²) in [6.07, 6.45) is 0.646. The SMILES string of the molecule is COc1ccc(-n2nc(-c3ccc(C)c(C)c3)cc2C(=O)NCCc2ccc(OC)c(OC)c2)cc1. The highest BCUT2D eigenvalue weighted by Gasteiger charge is 2.18. The predicted molar refractivity (Wildman–Crippen MR) is 141 cm³/mol. The van der Waals surface area contributed by atoms with Gasteiger partial charge in [-0.1, -0.05) is 18.2 Å². The number of aromatic nitrogens is 2. The van der Waals surface area contributed by atoms with Gasteiger partial charge >= 0.3 is 0 Å². The second-order valence-corrected chi connectivity index (χ2v) is 8.52. The number of aryl methyl sites for hydroxylation is 2. The Balaban J connectivity index is 1.59. The molecule has 4 aromatic rings. The fourth-order valence-electron chi connectivity index (χ4n) is 3.95. The minimum absolute atomic E-state index is 0.200.